The van der Waals surface area contributed by atoms with Crippen LogP contribution < -0.4 is 16.1 Å². The number of fused-ring (bicyclic) bond motifs is 4. The molecule has 3 aliphatic rings. The first-order chi connectivity index (χ1) is 18.6. The van der Waals surface area contributed by atoms with E-state index in [0.29, 0.717) is 17.0 Å². The van der Waals surface area contributed by atoms with Gasteiger partial charge in [-0.25, -0.2) is 23.5 Å². The van der Waals surface area contributed by atoms with Crippen LogP contribution in [0.25, 0.3) is 5.69 Å². The Labute approximate surface area is 239 Å². The molecule has 2 aliphatic heterocycles. The number of halogens is 3. The number of para-hydroxylation sites is 1. The number of imide groups is 1. The number of rotatable bonds is 4. The van der Waals surface area contributed by atoms with Crippen LogP contribution in [-0.4, -0.2) is 58.1 Å². The molecule has 3 heterocycles. The number of carbonyl (C=O) groups is 2. The van der Waals surface area contributed by atoms with Gasteiger partial charge >= 0.3 is 11.4 Å². The second kappa shape index (κ2) is 8.87. The molecule has 3 aromatic rings. The Kier molecular flexibility index (Phi) is 5.91. The number of benzene rings is 2. The minimum absolute atomic E-state index is 0.000291. The van der Waals surface area contributed by atoms with Gasteiger partial charge in [0, 0.05) is 24.0 Å². The first-order valence-corrected chi connectivity index (χ1v) is 13.8. The zero-order valence-corrected chi connectivity index (χ0v) is 23.5. The average molecular weight is 636 g/mol. The molecule has 0 unspecified atom stereocenters. The molecule has 2 fully saturated rings. The molecule has 1 saturated carbocycles. The van der Waals surface area contributed by atoms with Crippen LogP contribution in [0.2, 0.25) is 0 Å². The number of carbonyl (C=O) groups excluding carboxylic acids is 2. The van der Waals surface area contributed by atoms with Crippen molar-refractivity contribution in [2.75, 3.05) is 12.6 Å². The van der Waals surface area contributed by atoms with Crippen molar-refractivity contribution < 1.29 is 19.4 Å². The average Bonchev–Trinajstić information content (AvgIpc) is 3.27. The lowest BCUT2D eigenvalue weighted by atomic mass is 9.64. The molecule has 4 atom stereocenters. The Balaban J connectivity index is 1.62. The lowest BCUT2D eigenvalue weighted by Gasteiger charge is -2.49. The van der Waals surface area contributed by atoms with Crippen molar-refractivity contribution in [1.82, 2.24) is 18.8 Å². The first-order valence-electron chi connectivity index (χ1n) is 12.0. The van der Waals surface area contributed by atoms with Crippen molar-refractivity contribution in [2.24, 2.45) is 0 Å². The number of likely N-dealkylation sites (tertiary alicyclic amines) is 1. The predicted molar refractivity (Wildman–Crippen MR) is 146 cm³/mol. The minimum Gasteiger partial charge on any atom is -0.508 e. The number of hydrogen-bond donors (Lipinski definition) is 1. The standard InChI is InChI=1S/C26H21BrCl2N4O6/c1-39-15-7-8-17(19(34)11-15)20-16-9-10-31-23(37)32(14-5-3-2-4-6-14)24(38)33(31)18(16)12-25(28)21(35)30(13-27)22(36)26(20,25)29/h2-9,11,18,20,34H,10,12-13H2,1H3/t18-,20-,25-,26+/m1/s1. The molecule has 1 aliphatic carbocycles. The number of aromatic hydroxyl groups is 1. The van der Waals surface area contributed by atoms with Gasteiger partial charge in [-0.2, -0.15) is 0 Å². The maximum Gasteiger partial charge on any atom is 0.352 e. The van der Waals surface area contributed by atoms with Gasteiger partial charge in [-0.15, -0.1) is 23.2 Å². The van der Waals surface area contributed by atoms with Crippen LogP contribution in [0.1, 0.15) is 23.9 Å². The third-order valence-corrected chi connectivity index (χ3v) is 9.76. The Hall–Kier alpha value is -3.28. The van der Waals surface area contributed by atoms with E-state index in [9.17, 15) is 24.3 Å². The largest absolute Gasteiger partial charge is 0.508 e. The van der Waals surface area contributed by atoms with Crippen molar-refractivity contribution in [1.29, 1.82) is 0 Å². The van der Waals surface area contributed by atoms with Gasteiger partial charge in [-0.05, 0) is 23.8 Å². The van der Waals surface area contributed by atoms with Gasteiger partial charge in [0.05, 0.1) is 30.8 Å². The SMILES string of the molecule is COc1ccc([C@H]2C3=CCn4c(=O)n(-c5ccccc5)c(=O)n4[C@@H]3C[C@@]3(Cl)C(=O)N(CBr)C(=O)[C@@]23Cl)c(O)c1. The summed E-state index contributed by atoms with van der Waals surface area (Å²) in [5.41, 5.74) is -0.229. The third kappa shape index (κ3) is 3.26. The van der Waals surface area contributed by atoms with Crippen molar-refractivity contribution in [3.05, 3.63) is 86.7 Å². The summed E-state index contributed by atoms with van der Waals surface area (Å²) in [6.45, 7) is -0.000291. The molecule has 202 valence electrons. The van der Waals surface area contributed by atoms with Gasteiger partial charge in [0.25, 0.3) is 11.8 Å². The van der Waals surface area contributed by atoms with E-state index < -0.39 is 44.9 Å². The van der Waals surface area contributed by atoms with Gasteiger partial charge < -0.3 is 9.84 Å². The number of phenols is 1. The molecule has 10 nitrogen and oxygen atoms in total. The molecule has 13 heteroatoms. The van der Waals surface area contributed by atoms with Crippen LogP contribution in [0.15, 0.2) is 69.8 Å². The molecule has 2 amide bonds. The second-order valence-corrected chi connectivity index (χ2v) is 11.4. The summed E-state index contributed by atoms with van der Waals surface area (Å²) in [5.74, 6) is -2.43. The number of aromatic nitrogens is 3. The molecule has 0 radical (unpaired) electrons. The highest BCUT2D eigenvalue weighted by Crippen LogP contribution is 2.64. The van der Waals surface area contributed by atoms with Crippen LogP contribution in [0, 0.1) is 0 Å². The molecular formula is C26H21BrCl2N4O6. The fourth-order valence-corrected chi connectivity index (χ4v) is 7.45. The monoisotopic (exact) mass is 634 g/mol. The van der Waals surface area contributed by atoms with E-state index in [-0.39, 0.29) is 29.7 Å². The summed E-state index contributed by atoms with van der Waals surface area (Å²) >= 11 is 17.5. The number of hydrogen-bond acceptors (Lipinski definition) is 6. The van der Waals surface area contributed by atoms with Crippen LogP contribution in [0.3, 0.4) is 0 Å². The lowest BCUT2D eigenvalue weighted by molar-refractivity contribution is -0.138. The van der Waals surface area contributed by atoms with Gasteiger partial charge in [0.15, 0.2) is 9.75 Å². The number of nitrogens with zero attached hydrogens (tertiary/aromatic N) is 4. The maximum absolute atomic E-state index is 13.8. The Morgan fingerprint density at radius 3 is 2.41 bits per heavy atom. The molecule has 1 saturated heterocycles. The molecule has 1 aromatic heterocycles. The summed E-state index contributed by atoms with van der Waals surface area (Å²) in [4.78, 5) is 51.5. The van der Waals surface area contributed by atoms with Gasteiger partial charge in [0.2, 0.25) is 0 Å². The smallest absolute Gasteiger partial charge is 0.352 e. The number of amides is 2. The van der Waals surface area contributed by atoms with Crippen LogP contribution >= 0.6 is 39.1 Å². The molecule has 39 heavy (non-hydrogen) atoms. The van der Waals surface area contributed by atoms with E-state index in [1.165, 1.54) is 22.5 Å². The molecule has 6 rings (SSSR count). The summed E-state index contributed by atoms with van der Waals surface area (Å²) in [6, 6.07) is 12.1. The first kappa shape index (κ1) is 26.0. The molecule has 1 N–H and O–H groups in total. The van der Waals surface area contributed by atoms with E-state index in [1.807, 2.05) is 0 Å². The van der Waals surface area contributed by atoms with E-state index in [1.54, 1.807) is 48.5 Å². The molecule has 0 spiro atoms. The number of alkyl halides is 3. The van der Waals surface area contributed by atoms with Gasteiger partial charge in [-0.3, -0.25) is 14.5 Å². The van der Waals surface area contributed by atoms with Crippen LogP contribution in [0.4, 0.5) is 0 Å². The van der Waals surface area contributed by atoms with Crippen LogP contribution in [-0.2, 0) is 16.1 Å². The molecule has 0 bridgehead atoms. The normalized spacial score (nSPS) is 27.6. The van der Waals surface area contributed by atoms with E-state index in [4.69, 9.17) is 27.9 Å². The maximum atomic E-state index is 13.8. The number of ether oxygens (including phenoxy) is 1. The quantitative estimate of drug-likeness (QED) is 0.204. The zero-order chi connectivity index (χ0) is 27.9. The number of phenolic OH excluding ortho intramolecular Hbond substituents is 1. The van der Waals surface area contributed by atoms with E-state index in [2.05, 4.69) is 15.9 Å². The third-order valence-electron chi connectivity index (χ3n) is 7.84. The highest BCUT2D eigenvalue weighted by molar-refractivity contribution is 9.09. The second-order valence-electron chi connectivity index (χ2n) is 9.62. The Morgan fingerprint density at radius 2 is 1.77 bits per heavy atom. The molecule has 2 aromatic carbocycles. The van der Waals surface area contributed by atoms with Crippen molar-refractivity contribution >= 4 is 50.9 Å². The number of allylic oxidation sites excluding steroid dienone is 2. The van der Waals surface area contributed by atoms with Gasteiger partial charge in [0.1, 0.15) is 11.5 Å². The topological polar surface area (TPSA) is 116 Å². The van der Waals surface area contributed by atoms with Crippen molar-refractivity contribution in [3.63, 3.8) is 0 Å². The lowest BCUT2D eigenvalue weighted by Crippen LogP contribution is -2.59. The fraction of sp³-hybridized carbons (Fsp3) is 0.308. The Morgan fingerprint density at radius 1 is 1.05 bits per heavy atom. The highest BCUT2D eigenvalue weighted by atomic mass is 79.9. The van der Waals surface area contributed by atoms with E-state index >= 15 is 0 Å². The van der Waals surface area contributed by atoms with Crippen molar-refractivity contribution in [3.8, 4) is 17.2 Å². The minimum atomic E-state index is -2.03. The summed E-state index contributed by atoms with van der Waals surface area (Å²) < 4.78 is 8.81. The fourth-order valence-electron chi connectivity index (χ4n) is 6.05. The summed E-state index contributed by atoms with van der Waals surface area (Å²) in [5, 5.41) is 11.0. The van der Waals surface area contributed by atoms with Crippen LogP contribution in [0.5, 0.6) is 11.5 Å². The molecular weight excluding hydrogens is 615 g/mol. The Bertz CT molecular complexity index is 1700. The van der Waals surface area contributed by atoms with Gasteiger partial charge in [-0.1, -0.05) is 46.3 Å². The highest BCUT2D eigenvalue weighted by Gasteiger charge is 2.75. The zero-order valence-electron chi connectivity index (χ0n) is 20.4. The summed E-state index contributed by atoms with van der Waals surface area (Å²) in [6.07, 6.45) is 1.48. The van der Waals surface area contributed by atoms with E-state index in [0.717, 1.165) is 9.47 Å². The predicted octanol–water partition coefficient (Wildman–Crippen LogP) is 2.86. The number of methoxy groups -OCH3 is 1. The summed E-state index contributed by atoms with van der Waals surface area (Å²) in [7, 11) is 1.44. The van der Waals surface area contributed by atoms with Crippen molar-refractivity contribution in [2.45, 2.75) is 34.7 Å².